The summed E-state index contributed by atoms with van der Waals surface area (Å²) in [6, 6.07) is 0. The van der Waals surface area contributed by atoms with Crippen LogP contribution in [0.3, 0.4) is 0 Å². The van der Waals surface area contributed by atoms with Crippen LogP contribution in [0.25, 0.3) is 0 Å². The third-order valence-electron chi connectivity index (χ3n) is 3.77. The van der Waals surface area contributed by atoms with Crippen molar-refractivity contribution >= 4 is 21.2 Å². The minimum Gasteiger partial charge on any atom is -0.264 e. The van der Waals surface area contributed by atoms with Crippen molar-refractivity contribution in [2.24, 2.45) is 0 Å². The molecule has 1 atom stereocenters. The molecule has 0 aromatic heterocycles. The van der Waals surface area contributed by atoms with Gasteiger partial charge in [-0.2, -0.15) is 8.42 Å². The Morgan fingerprint density at radius 2 is 1.22 bits per heavy atom. The van der Waals surface area contributed by atoms with Crippen LogP contribution in [-0.2, 0) is 25.4 Å². The van der Waals surface area contributed by atoms with Crippen molar-refractivity contribution in [3.8, 4) is 0 Å². The minimum atomic E-state index is -4.40. The molecule has 0 aliphatic carbocycles. The van der Waals surface area contributed by atoms with E-state index in [0.717, 1.165) is 12.8 Å². The molecule has 0 spiro atoms. The molecule has 0 saturated carbocycles. The lowest BCUT2D eigenvalue weighted by molar-refractivity contribution is 0.284. The van der Waals surface area contributed by atoms with Crippen LogP contribution in [0, 0.1) is 0 Å². The van der Waals surface area contributed by atoms with E-state index in [1.165, 1.54) is 64.2 Å². The molecule has 0 aliphatic heterocycles. The molecule has 0 aliphatic rings. The van der Waals surface area contributed by atoms with Crippen LogP contribution in [0.5, 0.6) is 0 Å². The number of hydrogen-bond donors (Lipinski definition) is 1. The molecule has 0 fully saturated rings. The Morgan fingerprint density at radius 3 is 1.65 bits per heavy atom. The Hall–Kier alpha value is 0.0200. The van der Waals surface area contributed by atoms with Gasteiger partial charge >= 0.3 is 10.4 Å². The molecule has 0 bridgehead atoms. The molecule has 0 aromatic rings. The summed E-state index contributed by atoms with van der Waals surface area (Å²) in [6.07, 6.45) is 15.1. The van der Waals surface area contributed by atoms with Crippen molar-refractivity contribution < 1.29 is 21.4 Å². The summed E-state index contributed by atoms with van der Waals surface area (Å²) in [6.45, 7) is 2.02. The molecule has 0 saturated heterocycles. The fraction of sp³-hybridized carbons (Fsp3) is 1.00. The van der Waals surface area contributed by atoms with E-state index in [1.807, 2.05) is 0 Å². The van der Waals surface area contributed by atoms with E-state index < -0.39 is 21.2 Å². The van der Waals surface area contributed by atoms with E-state index >= 15 is 0 Å². The van der Waals surface area contributed by atoms with Gasteiger partial charge in [0.2, 0.25) is 0 Å². The Morgan fingerprint density at radius 1 is 0.783 bits per heavy atom. The van der Waals surface area contributed by atoms with E-state index in [2.05, 4.69) is 11.1 Å². The number of hydrogen-bond acceptors (Lipinski definition) is 4. The summed E-state index contributed by atoms with van der Waals surface area (Å²) >= 11 is 0. The summed E-state index contributed by atoms with van der Waals surface area (Å²) in [5.74, 6) is 0.726. The van der Waals surface area contributed by atoms with Gasteiger partial charge in [-0.25, -0.2) is 4.18 Å². The van der Waals surface area contributed by atoms with E-state index in [0.29, 0.717) is 5.75 Å². The molecule has 7 heteroatoms. The van der Waals surface area contributed by atoms with Crippen molar-refractivity contribution in [3.05, 3.63) is 0 Å². The van der Waals surface area contributed by atoms with Crippen molar-refractivity contribution in [2.75, 3.05) is 18.1 Å². The first-order valence-corrected chi connectivity index (χ1v) is 11.8. The standard InChI is InChI=1S/C16H34O5S2/c1-2-3-4-5-6-7-8-9-10-11-12-13-15-22(17)16-14-21-23(18,19)20/h2-16H2,1H3,(H,18,19,20). The average Bonchev–Trinajstić information content (AvgIpc) is 2.47. The van der Waals surface area contributed by atoms with Gasteiger partial charge in [0, 0.05) is 22.3 Å². The lowest BCUT2D eigenvalue weighted by atomic mass is 10.1. The monoisotopic (exact) mass is 370 g/mol. The van der Waals surface area contributed by atoms with Crippen molar-refractivity contribution in [2.45, 2.75) is 84.0 Å². The van der Waals surface area contributed by atoms with Gasteiger partial charge in [0.25, 0.3) is 0 Å². The average molecular weight is 371 g/mol. The predicted octanol–water partition coefficient (Wildman–Crippen LogP) is 4.26. The van der Waals surface area contributed by atoms with E-state index in [4.69, 9.17) is 4.55 Å². The van der Waals surface area contributed by atoms with Gasteiger partial charge in [0.1, 0.15) is 0 Å². The van der Waals surface area contributed by atoms with Gasteiger partial charge < -0.3 is 0 Å². The van der Waals surface area contributed by atoms with E-state index in [9.17, 15) is 12.6 Å². The topological polar surface area (TPSA) is 80.7 Å². The normalized spacial score (nSPS) is 13.3. The second-order valence-electron chi connectivity index (χ2n) is 5.99. The van der Waals surface area contributed by atoms with Gasteiger partial charge in [-0.3, -0.25) is 8.76 Å². The summed E-state index contributed by atoms with van der Waals surface area (Å²) < 4.78 is 44.7. The first kappa shape index (κ1) is 23.0. The maximum absolute atomic E-state index is 11.6. The highest BCUT2D eigenvalue weighted by Gasteiger charge is 2.06. The lowest BCUT2D eigenvalue weighted by Crippen LogP contribution is -2.12. The van der Waals surface area contributed by atoms with Gasteiger partial charge in [-0.15, -0.1) is 0 Å². The molecule has 0 rings (SSSR count). The Kier molecular flexibility index (Phi) is 15.6. The minimum absolute atomic E-state index is 0.151. The molecular weight excluding hydrogens is 336 g/mol. The summed E-state index contributed by atoms with van der Waals surface area (Å²) in [4.78, 5) is 0. The summed E-state index contributed by atoms with van der Waals surface area (Å²) in [5.41, 5.74) is 0. The summed E-state index contributed by atoms with van der Waals surface area (Å²) in [7, 11) is -5.47. The highest BCUT2D eigenvalue weighted by Crippen LogP contribution is 2.12. The molecule has 0 radical (unpaired) electrons. The maximum Gasteiger partial charge on any atom is 0.397 e. The highest BCUT2D eigenvalue weighted by molar-refractivity contribution is 7.85. The van der Waals surface area contributed by atoms with Crippen LogP contribution in [0.1, 0.15) is 84.0 Å². The van der Waals surface area contributed by atoms with E-state index in [-0.39, 0.29) is 12.4 Å². The molecule has 1 unspecified atom stereocenters. The van der Waals surface area contributed by atoms with Crippen LogP contribution in [0.2, 0.25) is 0 Å². The smallest absolute Gasteiger partial charge is 0.264 e. The predicted molar refractivity (Wildman–Crippen MR) is 96.5 cm³/mol. The fourth-order valence-electron chi connectivity index (χ4n) is 2.44. The largest absolute Gasteiger partial charge is 0.397 e. The molecule has 0 amide bonds. The third-order valence-corrected chi connectivity index (χ3v) is 5.60. The number of rotatable bonds is 17. The zero-order valence-corrected chi connectivity index (χ0v) is 16.1. The first-order valence-electron chi connectivity index (χ1n) is 8.92. The Balaban J connectivity index is 3.22. The third kappa shape index (κ3) is 20.0. The molecule has 5 nitrogen and oxygen atoms in total. The zero-order chi connectivity index (χ0) is 17.4. The van der Waals surface area contributed by atoms with Crippen molar-refractivity contribution in [3.63, 3.8) is 0 Å². The zero-order valence-electron chi connectivity index (χ0n) is 14.5. The van der Waals surface area contributed by atoms with Gasteiger partial charge in [-0.1, -0.05) is 77.6 Å². The van der Waals surface area contributed by atoms with Crippen LogP contribution in [0.15, 0.2) is 0 Å². The molecule has 140 valence electrons. The second-order valence-corrected chi connectivity index (χ2v) is 8.77. The molecule has 23 heavy (non-hydrogen) atoms. The molecule has 0 aromatic carbocycles. The Bertz CT molecular complexity index is 382. The van der Waals surface area contributed by atoms with Crippen molar-refractivity contribution in [1.29, 1.82) is 0 Å². The van der Waals surface area contributed by atoms with Gasteiger partial charge in [0.15, 0.2) is 0 Å². The molecule has 1 N–H and O–H groups in total. The number of unbranched alkanes of at least 4 members (excludes halogenated alkanes) is 11. The van der Waals surface area contributed by atoms with Crippen LogP contribution >= 0.6 is 0 Å². The first-order chi connectivity index (χ1) is 11.0. The molecular formula is C16H34O5S2. The van der Waals surface area contributed by atoms with E-state index in [1.54, 1.807) is 0 Å². The second kappa shape index (κ2) is 15.5. The Labute approximate surface area is 145 Å². The summed E-state index contributed by atoms with van der Waals surface area (Å²) in [5, 5.41) is 0. The van der Waals surface area contributed by atoms with Crippen LogP contribution in [-0.4, -0.2) is 35.3 Å². The van der Waals surface area contributed by atoms with Gasteiger partial charge in [-0.05, 0) is 6.42 Å². The lowest BCUT2D eigenvalue weighted by Gasteiger charge is -2.04. The SMILES string of the molecule is CCCCCCCCCCCCCCS(=O)CCOS(=O)(=O)O. The van der Waals surface area contributed by atoms with Gasteiger partial charge in [0.05, 0.1) is 6.61 Å². The molecule has 0 heterocycles. The van der Waals surface area contributed by atoms with Crippen LogP contribution < -0.4 is 0 Å². The quantitative estimate of drug-likeness (QED) is 0.306. The van der Waals surface area contributed by atoms with Crippen LogP contribution in [0.4, 0.5) is 0 Å². The van der Waals surface area contributed by atoms with Crippen molar-refractivity contribution in [1.82, 2.24) is 0 Å². The maximum atomic E-state index is 11.6. The fourth-order valence-corrected chi connectivity index (χ4v) is 3.84. The highest BCUT2D eigenvalue weighted by atomic mass is 32.3.